The molecule has 0 radical (unpaired) electrons. The highest BCUT2D eigenvalue weighted by atomic mass is 16.7. The van der Waals surface area contributed by atoms with Gasteiger partial charge in [-0.1, -0.05) is 0 Å². The topological polar surface area (TPSA) is 22.9 Å². The van der Waals surface area contributed by atoms with E-state index in [1.165, 1.54) is 4.90 Å². The molecule has 1 N–H and O–H groups in total. The minimum Gasteiger partial charge on any atom is -0.348 e. The van der Waals surface area contributed by atoms with E-state index in [0.29, 0.717) is 0 Å². The lowest BCUT2D eigenvalue weighted by Gasteiger charge is -2.22. The highest BCUT2D eigenvalue weighted by Crippen LogP contribution is 1.91. The van der Waals surface area contributed by atoms with E-state index in [1.807, 2.05) is 13.8 Å². The van der Waals surface area contributed by atoms with Crippen LogP contribution in [-0.4, -0.2) is 39.1 Å². The molecular weight excluding hydrogens is 166 g/mol. The van der Waals surface area contributed by atoms with Crippen molar-refractivity contribution >= 4 is 0 Å². The van der Waals surface area contributed by atoms with Gasteiger partial charge in [0.15, 0.2) is 0 Å². The summed E-state index contributed by atoms with van der Waals surface area (Å²) < 4.78 is 10.9. The van der Waals surface area contributed by atoms with Crippen LogP contribution in [0.5, 0.6) is 0 Å². The molecule has 0 saturated carbocycles. The van der Waals surface area contributed by atoms with Crippen molar-refractivity contribution in [3.8, 4) is 0 Å². The molecule has 13 heavy (non-hydrogen) atoms. The second-order valence-electron chi connectivity index (χ2n) is 3.00. The maximum Gasteiger partial charge on any atom is 0.207 e. The van der Waals surface area contributed by atoms with Crippen LogP contribution >= 0.6 is 0 Å². The van der Waals surface area contributed by atoms with Crippen LogP contribution in [0, 0.1) is 0 Å². The zero-order valence-electron chi connectivity index (χ0n) is 9.43. The van der Waals surface area contributed by atoms with Crippen LogP contribution in [0.1, 0.15) is 27.7 Å². The van der Waals surface area contributed by atoms with Crippen molar-refractivity contribution in [2.75, 3.05) is 32.8 Å². The van der Waals surface area contributed by atoms with Crippen molar-refractivity contribution in [2.45, 2.75) is 34.0 Å². The van der Waals surface area contributed by atoms with E-state index in [2.05, 4.69) is 13.8 Å². The minimum atomic E-state index is -0.0232. The second-order valence-corrected chi connectivity index (χ2v) is 3.00. The number of likely N-dealkylation sites (N-methyl/N-ethyl adjacent to an activating group) is 1. The van der Waals surface area contributed by atoms with Crippen LogP contribution in [0.2, 0.25) is 0 Å². The van der Waals surface area contributed by atoms with Crippen molar-refractivity contribution in [3.05, 3.63) is 0 Å². The van der Waals surface area contributed by atoms with E-state index in [0.717, 1.165) is 32.8 Å². The molecule has 0 aliphatic carbocycles. The van der Waals surface area contributed by atoms with Crippen molar-refractivity contribution in [3.63, 3.8) is 0 Å². The second kappa shape index (κ2) is 8.48. The standard InChI is InChI=1S/C10H23NO2/c1-5-11(6-2)9-10(12-7-3)13-8-4/h10H,5-9H2,1-4H3/p+1. The molecule has 0 spiro atoms. The summed E-state index contributed by atoms with van der Waals surface area (Å²) in [5.74, 6) is 0. The van der Waals surface area contributed by atoms with E-state index < -0.39 is 0 Å². The van der Waals surface area contributed by atoms with Crippen LogP contribution in [0.3, 0.4) is 0 Å². The summed E-state index contributed by atoms with van der Waals surface area (Å²) in [5, 5.41) is 0. The Bertz CT molecular complexity index is 99.1. The molecule has 0 aromatic heterocycles. The van der Waals surface area contributed by atoms with Gasteiger partial charge in [0.2, 0.25) is 6.29 Å². The predicted octanol–water partition coefficient (Wildman–Crippen LogP) is 0.310. The first kappa shape index (κ1) is 12.9. The zero-order chi connectivity index (χ0) is 10.1. The lowest BCUT2D eigenvalue weighted by atomic mass is 10.4. The van der Waals surface area contributed by atoms with Gasteiger partial charge < -0.3 is 14.4 Å². The van der Waals surface area contributed by atoms with E-state index >= 15 is 0 Å². The van der Waals surface area contributed by atoms with Crippen molar-refractivity contribution < 1.29 is 14.4 Å². The van der Waals surface area contributed by atoms with Crippen LogP contribution < -0.4 is 4.90 Å². The maximum atomic E-state index is 5.47. The number of quaternary nitrogens is 1. The number of hydrogen-bond acceptors (Lipinski definition) is 2. The van der Waals surface area contributed by atoms with Crippen LogP contribution in [0.25, 0.3) is 0 Å². The van der Waals surface area contributed by atoms with Crippen molar-refractivity contribution in [1.82, 2.24) is 0 Å². The molecule has 0 heterocycles. The number of rotatable bonds is 8. The van der Waals surface area contributed by atoms with E-state index in [4.69, 9.17) is 9.47 Å². The normalized spacial score (nSPS) is 11.5. The number of nitrogens with one attached hydrogen (secondary N) is 1. The molecule has 0 aromatic carbocycles. The van der Waals surface area contributed by atoms with Crippen molar-refractivity contribution in [1.29, 1.82) is 0 Å². The fourth-order valence-corrected chi connectivity index (χ4v) is 1.31. The van der Waals surface area contributed by atoms with Gasteiger partial charge in [-0.3, -0.25) is 0 Å². The average molecular weight is 190 g/mol. The first-order chi connectivity index (χ1) is 6.28. The Hall–Kier alpha value is -0.120. The molecule has 0 atom stereocenters. The largest absolute Gasteiger partial charge is 0.348 e. The third kappa shape index (κ3) is 6.02. The third-order valence-electron chi connectivity index (χ3n) is 2.16. The summed E-state index contributed by atoms with van der Waals surface area (Å²) in [5.41, 5.74) is 0. The summed E-state index contributed by atoms with van der Waals surface area (Å²) in [4.78, 5) is 1.52. The Morgan fingerprint density at radius 2 is 1.38 bits per heavy atom. The monoisotopic (exact) mass is 190 g/mol. The highest BCUT2D eigenvalue weighted by molar-refractivity contribution is 4.39. The lowest BCUT2D eigenvalue weighted by molar-refractivity contribution is -0.902. The molecule has 80 valence electrons. The van der Waals surface area contributed by atoms with Gasteiger partial charge in [0.05, 0.1) is 13.1 Å². The van der Waals surface area contributed by atoms with Gasteiger partial charge in [-0.25, -0.2) is 0 Å². The SMILES string of the molecule is CCOC(C[NH+](CC)CC)OCC. The molecule has 3 nitrogen and oxygen atoms in total. The molecule has 0 aromatic rings. The fourth-order valence-electron chi connectivity index (χ4n) is 1.31. The maximum absolute atomic E-state index is 5.47. The van der Waals surface area contributed by atoms with Gasteiger partial charge in [-0.05, 0) is 27.7 Å². The summed E-state index contributed by atoms with van der Waals surface area (Å²) >= 11 is 0. The smallest absolute Gasteiger partial charge is 0.207 e. The predicted molar refractivity (Wildman–Crippen MR) is 54.0 cm³/mol. The Kier molecular flexibility index (Phi) is 8.40. The van der Waals surface area contributed by atoms with E-state index in [-0.39, 0.29) is 6.29 Å². The van der Waals surface area contributed by atoms with E-state index in [9.17, 15) is 0 Å². The molecule has 0 amide bonds. The molecule has 0 bridgehead atoms. The van der Waals surface area contributed by atoms with Gasteiger partial charge >= 0.3 is 0 Å². The molecule has 0 unspecified atom stereocenters. The zero-order valence-corrected chi connectivity index (χ0v) is 9.43. The summed E-state index contributed by atoms with van der Waals surface area (Å²) in [6.07, 6.45) is -0.0232. The Morgan fingerprint density at radius 3 is 1.69 bits per heavy atom. The van der Waals surface area contributed by atoms with Gasteiger partial charge in [-0.15, -0.1) is 0 Å². The van der Waals surface area contributed by atoms with E-state index in [1.54, 1.807) is 0 Å². The molecule has 0 aliphatic rings. The van der Waals surface area contributed by atoms with Crippen LogP contribution in [0.15, 0.2) is 0 Å². The lowest BCUT2D eigenvalue weighted by Crippen LogP contribution is -3.12. The quantitative estimate of drug-likeness (QED) is 0.557. The van der Waals surface area contributed by atoms with Crippen LogP contribution in [0.4, 0.5) is 0 Å². The van der Waals surface area contributed by atoms with Gasteiger partial charge in [0.25, 0.3) is 0 Å². The number of ether oxygens (including phenoxy) is 2. The summed E-state index contributed by atoms with van der Waals surface area (Å²) in [7, 11) is 0. The highest BCUT2D eigenvalue weighted by Gasteiger charge is 2.14. The fraction of sp³-hybridized carbons (Fsp3) is 1.00. The van der Waals surface area contributed by atoms with Crippen molar-refractivity contribution in [2.24, 2.45) is 0 Å². The molecule has 0 rings (SSSR count). The molecular formula is C10H24NO2+. The number of hydrogen-bond donors (Lipinski definition) is 1. The first-order valence-electron chi connectivity index (χ1n) is 5.35. The van der Waals surface area contributed by atoms with Gasteiger partial charge in [0, 0.05) is 13.2 Å². The first-order valence-corrected chi connectivity index (χ1v) is 5.35. The Morgan fingerprint density at radius 1 is 0.923 bits per heavy atom. The molecule has 0 saturated heterocycles. The van der Waals surface area contributed by atoms with Crippen LogP contribution in [-0.2, 0) is 9.47 Å². The summed E-state index contributed by atoms with van der Waals surface area (Å²) in [6, 6.07) is 0. The Balaban J connectivity index is 3.76. The average Bonchev–Trinajstić information content (AvgIpc) is 2.14. The third-order valence-corrected chi connectivity index (χ3v) is 2.16. The van der Waals surface area contributed by atoms with Gasteiger partial charge in [0.1, 0.15) is 6.54 Å². The minimum absolute atomic E-state index is 0.0232. The summed E-state index contributed by atoms with van der Waals surface area (Å²) in [6.45, 7) is 13.1. The Labute approximate surface area is 82.0 Å². The molecule has 0 aliphatic heterocycles. The van der Waals surface area contributed by atoms with Gasteiger partial charge in [-0.2, -0.15) is 0 Å². The molecule has 3 heteroatoms. The molecule has 0 fully saturated rings.